The normalized spacial score (nSPS) is 17.6. The van der Waals surface area contributed by atoms with Crippen molar-refractivity contribution in [2.45, 2.75) is 16.3 Å². The summed E-state index contributed by atoms with van der Waals surface area (Å²) >= 11 is 1.33. The first-order valence-corrected chi connectivity index (χ1v) is 11.8. The summed E-state index contributed by atoms with van der Waals surface area (Å²) in [6.45, 7) is 1.27. The van der Waals surface area contributed by atoms with Crippen LogP contribution in [-0.2, 0) is 30.9 Å². The first-order valence-electron chi connectivity index (χ1n) is 9.39. The van der Waals surface area contributed by atoms with Gasteiger partial charge in [0.15, 0.2) is 0 Å². The average molecular weight is 452 g/mol. The minimum atomic E-state index is -3.71. The van der Waals surface area contributed by atoms with E-state index in [4.69, 9.17) is 9.15 Å². The summed E-state index contributed by atoms with van der Waals surface area (Å²) in [5.74, 6) is 0.178. The molecule has 0 aliphatic carbocycles. The van der Waals surface area contributed by atoms with Crippen molar-refractivity contribution in [2.75, 3.05) is 43.5 Å². The van der Waals surface area contributed by atoms with E-state index in [0.717, 1.165) is 4.90 Å². The molecule has 2 amide bonds. The molecule has 0 saturated carbocycles. The standard InChI is InChI=1S/C19H21N3O6S2/c23-18(20-11-14-2-1-7-28-14)12-22-16-10-15(3-4-17(16)29-13-19(22)24)30(25,26)21-5-8-27-9-6-21/h1-4,7,10H,5-6,8-9,11-13H2,(H,20,23). The third-order valence-corrected chi connectivity index (χ3v) is 7.76. The van der Waals surface area contributed by atoms with Gasteiger partial charge in [-0.25, -0.2) is 8.42 Å². The first-order chi connectivity index (χ1) is 14.4. The molecule has 0 unspecified atom stereocenters. The fourth-order valence-electron chi connectivity index (χ4n) is 3.25. The number of fused-ring (bicyclic) bond motifs is 1. The van der Waals surface area contributed by atoms with E-state index in [1.54, 1.807) is 24.3 Å². The van der Waals surface area contributed by atoms with Gasteiger partial charge in [0, 0.05) is 18.0 Å². The zero-order valence-corrected chi connectivity index (χ0v) is 17.7. The highest BCUT2D eigenvalue weighted by Crippen LogP contribution is 2.37. The lowest BCUT2D eigenvalue weighted by molar-refractivity contribution is -0.123. The van der Waals surface area contributed by atoms with Crippen molar-refractivity contribution in [2.24, 2.45) is 0 Å². The molecule has 2 aromatic rings. The molecule has 0 spiro atoms. The Kier molecular flexibility index (Phi) is 6.14. The summed E-state index contributed by atoms with van der Waals surface area (Å²) < 4.78 is 37.8. The van der Waals surface area contributed by atoms with Crippen LogP contribution in [0.5, 0.6) is 0 Å². The van der Waals surface area contributed by atoms with Crippen LogP contribution in [0.15, 0.2) is 50.8 Å². The van der Waals surface area contributed by atoms with Crippen LogP contribution in [0.25, 0.3) is 0 Å². The number of carbonyl (C=O) groups excluding carboxylic acids is 2. The minimum absolute atomic E-state index is 0.0967. The first kappa shape index (κ1) is 20.9. The average Bonchev–Trinajstić information content (AvgIpc) is 3.28. The molecule has 2 aliphatic heterocycles. The summed E-state index contributed by atoms with van der Waals surface area (Å²) in [5.41, 5.74) is 0.429. The zero-order valence-electron chi connectivity index (χ0n) is 16.1. The van der Waals surface area contributed by atoms with Crippen LogP contribution in [0.3, 0.4) is 0 Å². The van der Waals surface area contributed by atoms with E-state index in [0.29, 0.717) is 24.7 Å². The van der Waals surface area contributed by atoms with Crippen molar-refractivity contribution in [3.05, 3.63) is 42.4 Å². The maximum atomic E-state index is 13.0. The number of ether oxygens (including phenoxy) is 1. The SMILES string of the molecule is O=C(CN1C(=O)CSc2ccc(S(=O)(=O)N3CCOCC3)cc21)NCc1ccco1. The van der Waals surface area contributed by atoms with Crippen LogP contribution in [0.1, 0.15) is 5.76 Å². The molecule has 3 heterocycles. The Morgan fingerprint density at radius 1 is 1.20 bits per heavy atom. The Labute approximate surface area is 178 Å². The molecule has 0 bridgehead atoms. The quantitative estimate of drug-likeness (QED) is 0.699. The Morgan fingerprint density at radius 3 is 2.73 bits per heavy atom. The van der Waals surface area contributed by atoms with Crippen molar-refractivity contribution in [1.82, 2.24) is 9.62 Å². The maximum absolute atomic E-state index is 13.0. The summed E-state index contributed by atoms with van der Waals surface area (Å²) in [5, 5.41) is 2.71. The summed E-state index contributed by atoms with van der Waals surface area (Å²) in [4.78, 5) is 27.1. The molecule has 30 heavy (non-hydrogen) atoms. The van der Waals surface area contributed by atoms with Crippen molar-refractivity contribution >= 4 is 39.3 Å². The van der Waals surface area contributed by atoms with E-state index >= 15 is 0 Å². The second-order valence-electron chi connectivity index (χ2n) is 6.77. The van der Waals surface area contributed by atoms with Gasteiger partial charge in [0.2, 0.25) is 21.8 Å². The largest absolute Gasteiger partial charge is 0.467 e. The Balaban J connectivity index is 1.54. The van der Waals surface area contributed by atoms with Crippen LogP contribution in [0.4, 0.5) is 5.69 Å². The molecule has 9 nitrogen and oxygen atoms in total. The van der Waals surface area contributed by atoms with Gasteiger partial charge in [-0.2, -0.15) is 4.31 Å². The van der Waals surface area contributed by atoms with E-state index in [2.05, 4.69) is 5.32 Å². The molecule has 1 saturated heterocycles. The summed E-state index contributed by atoms with van der Waals surface area (Å²) in [6, 6.07) is 8.17. The van der Waals surface area contributed by atoms with Crippen molar-refractivity contribution in [3.8, 4) is 0 Å². The third kappa shape index (κ3) is 4.38. The molecule has 4 rings (SSSR count). The highest BCUT2D eigenvalue weighted by molar-refractivity contribution is 8.00. The predicted molar refractivity (Wildman–Crippen MR) is 110 cm³/mol. The van der Waals surface area contributed by atoms with E-state index in [1.807, 2.05) is 0 Å². The number of nitrogens with one attached hydrogen (secondary N) is 1. The zero-order chi connectivity index (χ0) is 21.1. The second-order valence-corrected chi connectivity index (χ2v) is 9.73. The monoisotopic (exact) mass is 451 g/mol. The van der Waals surface area contributed by atoms with E-state index in [-0.39, 0.29) is 48.6 Å². The number of sulfonamides is 1. The Bertz CT molecular complexity index is 1030. The third-order valence-electron chi connectivity index (χ3n) is 4.82. The molecule has 1 aromatic heterocycles. The van der Waals surface area contributed by atoms with Gasteiger partial charge in [0.05, 0.1) is 42.4 Å². The lowest BCUT2D eigenvalue weighted by Crippen LogP contribution is -2.43. The highest BCUT2D eigenvalue weighted by atomic mass is 32.2. The lowest BCUT2D eigenvalue weighted by Gasteiger charge is -2.30. The van der Waals surface area contributed by atoms with Crippen LogP contribution >= 0.6 is 11.8 Å². The predicted octanol–water partition coefficient (Wildman–Crippen LogP) is 1.06. The van der Waals surface area contributed by atoms with Gasteiger partial charge in [-0.1, -0.05) is 0 Å². The molecular formula is C19H21N3O6S2. The molecule has 1 aromatic carbocycles. The van der Waals surface area contributed by atoms with Crippen LogP contribution < -0.4 is 10.2 Å². The Morgan fingerprint density at radius 2 is 2.00 bits per heavy atom. The number of furan rings is 1. The molecule has 1 N–H and O–H groups in total. The fraction of sp³-hybridized carbons (Fsp3) is 0.368. The van der Waals surface area contributed by atoms with E-state index in [9.17, 15) is 18.0 Å². The van der Waals surface area contributed by atoms with Gasteiger partial charge in [-0.15, -0.1) is 11.8 Å². The topological polar surface area (TPSA) is 109 Å². The van der Waals surface area contributed by atoms with Crippen LogP contribution in [-0.4, -0.2) is 63.1 Å². The molecule has 0 atom stereocenters. The summed E-state index contributed by atoms with van der Waals surface area (Å²) in [6.07, 6.45) is 1.51. The van der Waals surface area contributed by atoms with Gasteiger partial charge in [0.25, 0.3) is 0 Å². The number of rotatable bonds is 6. The van der Waals surface area contributed by atoms with Gasteiger partial charge < -0.3 is 19.4 Å². The van der Waals surface area contributed by atoms with Gasteiger partial charge in [-0.05, 0) is 30.3 Å². The summed E-state index contributed by atoms with van der Waals surface area (Å²) in [7, 11) is -3.71. The van der Waals surface area contributed by atoms with Gasteiger partial charge >= 0.3 is 0 Å². The number of amides is 2. The molecule has 1 fully saturated rings. The molecular weight excluding hydrogens is 430 g/mol. The number of nitrogens with zero attached hydrogens (tertiary/aromatic N) is 2. The lowest BCUT2D eigenvalue weighted by atomic mass is 10.2. The van der Waals surface area contributed by atoms with Crippen LogP contribution in [0, 0.1) is 0 Å². The number of carbonyl (C=O) groups is 2. The second kappa shape index (κ2) is 8.80. The number of benzene rings is 1. The number of thioether (sulfide) groups is 1. The number of hydrogen-bond donors (Lipinski definition) is 1. The number of hydrogen-bond acceptors (Lipinski definition) is 7. The molecule has 2 aliphatic rings. The number of morpholine rings is 1. The van der Waals surface area contributed by atoms with Crippen molar-refractivity contribution < 1.29 is 27.2 Å². The van der Waals surface area contributed by atoms with Gasteiger partial charge in [-0.3, -0.25) is 9.59 Å². The van der Waals surface area contributed by atoms with Crippen LogP contribution in [0.2, 0.25) is 0 Å². The minimum Gasteiger partial charge on any atom is -0.467 e. The Hall–Kier alpha value is -2.34. The van der Waals surface area contributed by atoms with Gasteiger partial charge in [0.1, 0.15) is 12.3 Å². The molecule has 160 valence electrons. The molecule has 0 radical (unpaired) electrons. The van der Waals surface area contributed by atoms with E-state index < -0.39 is 10.0 Å². The smallest absolute Gasteiger partial charge is 0.243 e. The van der Waals surface area contributed by atoms with Crippen molar-refractivity contribution in [3.63, 3.8) is 0 Å². The maximum Gasteiger partial charge on any atom is 0.243 e. The molecule has 11 heteroatoms. The van der Waals surface area contributed by atoms with Crippen molar-refractivity contribution in [1.29, 1.82) is 0 Å². The highest BCUT2D eigenvalue weighted by Gasteiger charge is 2.31. The fourth-order valence-corrected chi connectivity index (χ4v) is 5.59. The van der Waals surface area contributed by atoms with E-state index in [1.165, 1.54) is 33.3 Å². The number of anilines is 1.